The number of aliphatic hydroxyl groups is 2. The molecule has 3 unspecified atom stereocenters. The first-order valence-corrected chi connectivity index (χ1v) is 15.2. The second-order valence-electron chi connectivity index (χ2n) is 13.3. The summed E-state index contributed by atoms with van der Waals surface area (Å²) >= 11 is 0. The van der Waals surface area contributed by atoms with E-state index in [1.54, 1.807) is 0 Å². The van der Waals surface area contributed by atoms with E-state index in [1.807, 2.05) is 4.90 Å². The molecular weight excluding hydrogens is 508 g/mol. The van der Waals surface area contributed by atoms with Crippen molar-refractivity contribution in [2.45, 2.75) is 106 Å². The number of aryl methyl sites for hydroxylation is 1. The summed E-state index contributed by atoms with van der Waals surface area (Å²) in [4.78, 5) is 12.8. The number of rotatable bonds is 8. The molecule has 0 bridgehead atoms. The number of aliphatic hydroxyl groups excluding tert-OH is 2. The van der Waals surface area contributed by atoms with E-state index >= 15 is 0 Å². The summed E-state index contributed by atoms with van der Waals surface area (Å²) in [6.07, 6.45) is 5.18. The van der Waals surface area contributed by atoms with Gasteiger partial charge in [-0.25, -0.2) is 9.88 Å². The molecule has 7 rings (SSSR count). The van der Waals surface area contributed by atoms with Crippen molar-refractivity contribution in [1.29, 1.82) is 0 Å². The molecule has 2 aliphatic carbocycles. The molecule has 1 aromatic heterocycles. The zero-order valence-corrected chi connectivity index (χ0v) is 23.7. The zero-order chi connectivity index (χ0) is 27.6. The Bertz CT molecular complexity index is 1200. The minimum atomic E-state index is -0.961. The SMILES string of the molecule is CN(C[C@H]1O[C@@H](N2CNC3C(N)NCNC32)[C@H](O)[C@@H]1O)C1CC(CCc2nc3ccc(C4(C)CCC4)cc3[nH]2)C1. The number of likely N-dealkylation sites (N-methyl/N-ethyl adjacent to an activating group) is 1. The van der Waals surface area contributed by atoms with Gasteiger partial charge in [0.05, 0.1) is 36.1 Å². The molecule has 7 atom stereocenters. The van der Waals surface area contributed by atoms with Crippen molar-refractivity contribution in [2.24, 2.45) is 11.7 Å². The maximum absolute atomic E-state index is 10.9. The van der Waals surface area contributed by atoms with Gasteiger partial charge in [-0.2, -0.15) is 0 Å². The van der Waals surface area contributed by atoms with Crippen LogP contribution in [0, 0.1) is 5.92 Å². The van der Waals surface area contributed by atoms with Crippen molar-refractivity contribution in [1.82, 2.24) is 35.7 Å². The Morgan fingerprint density at radius 1 is 1.18 bits per heavy atom. The Morgan fingerprint density at radius 3 is 2.77 bits per heavy atom. The number of ether oxygens (including phenoxy) is 1. The van der Waals surface area contributed by atoms with Gasteiger partial charge in [0.15, 0.2) is 0 Å². The van der Waals surface area contributed by atoms with E-state index in [2.05, 4.69) is 58.0 Å². The Hall–Kier alpha value is -1.67. The molecule has 0 amide bonds. The monoisotopic (exact) mass is 554 g/mol. The molecular formula is C29H46N8O3. The summed E-state index contributed by atoms with van der Waals surface area (Å²) in [6, 6.07) is 7.25. The largest absolute Gasteiger partial charge is 0.387 e. The van der Waals surface area contributed by atoms with E-state index in [4.69, 9.17) is 15.5 Å². The number of hydrogen-bond acceptors (Lipinski definition) is 10. The van der Waals surface area contributed by atoms with E-state index in [0.717, 1.165) is 37.0 Å². The summed E-state index contributed by atoms with van der Waals surface area (Å²) in [5, 5.41) is 31.7. The predicted octanol–water partition coefficient (Wildman–Crippen LogP) is 0.0867. The number of fused-ring (bicyclic) bond motifs is 2. The fourth-order valence-electron chi connectivity index (χ4n) is 7.63. The number of nitrogens with one attached hydrogen (secondary N) is 4. The van der Waals surface area contributed by atoms with E-state index in [0.29, 0.717) is 37.3 Å². The fraction of sp³-hybridized carbons (Fsp3) is 0.759. The van der Waals surface area contributed by atoms with E-state index in [-0.39, 0.29) is 18.4 Å². The van der Waals surface area contributed by atoms with Crippen LogP contribution in [0.5, 0.6) is 0 Å². The number of nitrogens with zero attached hydrogens (tertiary/aromatic N) is 3. The summed E-state index contributed by atoms with van der Waals surface area (Å²) in [5.74, 6) is 1.77. The van der Waals surface area contributed by atoms with Gasteiger partial charge in [-0.05, 0) is 68.2 Å². The van der Waals surface area contributed by atoms with E-state index in [1.165, 1.54) is 30.3 Å². The summed E-state index contributed by atoms with van der Waals surface area (Å²) in [7, 11) is 2.11. The van der Waals surface area contributed by atoms with E-state index < -0.39 is 24.5 Å². The van der Waals surface area contributed by atoms with Gasteiger partial charge in [-0.3, -0.25) is 16.0 Å². The molecule has 11 heteroatoms. The first-order valence-electron chi connectivity index (χ1n) is 15.2. The Kier molecular flexibility index (Phi) is 7.17. The molecule has 0 radical (unpaired) electrons. The second-order valence-corrected chi connectivity index (χ2v) is 13.3. The van der Waals surface area contributed by atoms with Crippen LogP contribution in [0.3, 0.4) is 0 Å². The lowest BCUT2D eigenvalue weighted by atomic mass is 9.66. The van der Waals surface area contributed by atoms with Gasteiger partial charge in [-0.1, -0.05) is 19.4 Å². The summed E-state index contributed by atoms with van der Waals surface area (Å²) < 4.78 is 6.28. The molecule has 220 valence electrons. The molecule has 3 aliphatic heterocycles. The van der Waals surface area contributed by atoms with Gasteiger partial charge in [0.25, 0.3) is 0 Å². The average Bonchev–Trinajstić information content (AvgIpc) is 3.58. The first-order chi connectivity index (χ1) is 19.3. The normalized spacial score (nSPS) is 39.4. The quantitative estimate of drug-likeness (QED) is 0.240. The molecule has 1 aromatic carbocycles. The van der Waals surface area contributed by atoms with Crippen LogP contribution in [0.2, 0.25) is 0 Å². The highest BCUT2D eigenvalue weighted by Gasteiger charge is 2.52. The number of H-pyrrole nitrogens is 1. The molecule has 3 saturated heterocycles. The third kappa shape index (κ3) is 4.79. The molecule has 4 heterocycles. The van der Waals surface area contributed by atoms with Gasteiger partial charge in [0.2, 0.25) is 0 Å². The lowest BCUT2D eigenvalue weighted by Crippen LogP contribution is -2.68. The minimum Gasteiger partial charge on any atom is -0.387 e. The number of imidazole rings is 1. The Labute approximate surface area is 236 Å². The standard InChI is InChI=1S/C29H46N8O3/c1-29(8-3-9-29)17-5-6-19-20(12-17)35-22(34-19)7-4-16-10-18(11-16)36(2)13-21-24(38)25(39)28(40-21)37-15-33-23-26(30)31-14-32-27(23)37/h5-6,12,16,18,21,23-28,31-33,38-39H,3-4,7-11,13-15,30H2,1-2H3,(H,34,35)/t16?,18?,21-,23?,24-,25-,26?,27?,28-/m1/s1. The topological polar surface area (TPSA) is 147 Å². The van der Waals surface area contributed by atoms with Crippen molar-refractivity contribution < 1.29 is 14.9 Å². The van der Waals surface area contributed by atoms with Crippen molar-refractivity contribution >= 4 is 11.0 Å². The van der Waals surface area contributed by atoms with Gasteiger partial charge < -0.3 is 30.6 Å². The minimum absolute atomic E-state index is 0.0168. The Balaban J connectivity index is 0.885. The first kappa shape index (κ1) is 27.2. The number of benzene rings is 1. The Morgan fingerprint density at radius 2 is 2.00 bits per heavy atom. The van der Waals surface area contributed by atoms with Crippen LogP contribution < -0.4 is 21.7 Å². The summed E-state index contributed by atoms with van der Waals surface area (Å²) in [5.41, 5.74) is 10.2. The highest BCUT2D eigenvalue weighted by atomic mass is 16.6. The third-order valence-electron chi connectivity index (χ3n) is 10.7. The predicted molar refractivity (Wildman–Crippen MR) is 152 cm³/mol. The maximum Gasteiger partial charge on any atom is 0.142 e. The van der Waals surface area contributed by atoms with Gasteiger partial charge in [0.1, 0.15) is 30.4 Å². The number of aromatic amines is 1. The lowest BCUT2D eigenvalue weighted by molar-refractivity contribution is -0.108. The molecule has 5 aliphatic rings. The molecule has 8 N–H and O–H groups in total. The summed E-state index contributed by atoms with van der Waals surface area (Å²) in [6.45, 7) is 4.12. The van der Waals surface area contributed by atoms with Crippen LogP contribution in [0.25, 0.3) is 11.0 Å². The number of hydrogen-bond donors (Lipinski definition) is 7. The molecule has 11 nitrogen and oxygen atoms in total. The van der Waals surface area contributed by atoms with E-state index in [9.17, 15) is 10.2 Å². The third-order valence-corrected chi connectivity index (χ3v) is 10.7. The van der Waals surface area contributed by atoms with Crippen LogP contribution in [-0.2, 0) is 16.6 Å². The molecule has 2 saturated carbocycles. The van der Waals surface area contributed by atoms with Crippen molar-refractivity contribution in [3.8, 4) is 0 Å². The smallest absolute Gasteiger partial charge is 0.142 e. The van der Waals surface area contributed by atoms with Crippen LogP contribution in [-0.4, -0.2) is 106 Å². The van der Waals surface area contributed by atoms with Gasteiger partial charge in [-0.15, -0.1) is 0 Å². The lowest BCUT2D eigenvalue weighted by Gasteiger charge is -2.42. The number of nitrogens with two attached hydrogens (primary N) is 1. The van der Waals surface area contributed by atoms with Crippen molar-refractivity contribution in [2.75, 3.05) is 26.9 Å². The van der Waals surface area contributed by atoms with Crippen molar-refractivity contribution in [3.05, 3.63) is 29.6 Å². The molecule has 2 aromatic rings. The van der Waals surface area contributed by atoms with Crippen LogP contribution in [0.15, 0.2) is 18.2 Å². The average molecular weight is 555 g/mol. The van der Waals surface area contributed by atoms with Crippen LogP contribution >= 0.6 is 0 Å². The highest BCUT2D eigenvalue weighted by Crippen LogP contribution is 2.43. The van der Waals surface area contributed by atoms with Gasteiger partial charge in [0, 0.05) is 25.7 Å². The highest BCUT2D eigenvalue weighted by molar-refractivity contribution is 5.76. The molecule has 5 fully saturated rings. The zero-order valence-electron chi connectivity index (χ0n) is 23.7. The fourth-order valence-corrected chi connectivity index (χ4v) is 7.63. The molecule has 0 spiro atoms. The van der Waals surface area contributed by atoms with Crippen LogP contribution in [0.1, 0.15) is 56.8 Å². The second kappa shape index (κ2) is 10.6. The molecule has 40 heavy (non-hydrogen) atoms. The number of aromatic nitrogens is 2. The van der Waals surface area contributed by atoms with Crippen LogP contribution in [0.4, 0.5) is 0 Å². The maximum atomic E-state index is 10.9. The van der Waals surface area contributed by atoms with Crippen molar-refractivity contribution in [3.63, 3.8) is 0 Å². The van der Waals surface area contributed by atoms with Gasteiger partial charge >= 0.3 is 0 Å².